The van der Waals surface area contributed by atoms with Crippen LogP contribution in [0.2, 0.25) is 0 Å². The van der Waals surface area contributed by atoms with Crippen molar-refractivity contribution >= 4 is 17.3 Å². The van der Waals surface area contributed by atoms with Crippen molar-refractivity contribution in [3.8, 4) is 0 Å². The van der Waals surface area contributed by atoms with Crippen molar-refractivity contribution in [2.75, 3.05) is 17.3 Å². The standard InChI is InChI=1S/C12H15N3O/c1-15(7-2-3-7)8-4-5-9-10(6-8)14-12(16)11(9)13/h4-7,11H,2-3,13H2,1H3,(H,14,16). The zero-order chi connectivity index (χ0) is 11.3. The number of nitrogens with zero attached hydrogens (tertiary/aromatic N) is 1. The number of carbonyl (C=O) groups excluding carboxylic acids is 1. The smallest absolute Gasteiger partial charge is 0.245 e. The van der Waals surface area contributed by atoms with Gasteiger partial charge in [0, 0.05) is 30.0 Å². The highest BCUT2D eigenvalue weighted by molar-refractivity contribution is 6.02. The van der Waals surface area contributed by atoms with Crippen LogP contribution in [0.5, 0.6) is 0 Å². The molecule has 1 fully saturated rings. The second-order valence-electron chi connectivity index (χ2n) is 4.58. The summed E-state index contributed by atoms with van der Waals surface area (Å²) in [6.07, 6.45) is 2.53. The number of hydrogen-bond acceptors (Lipinski definition) is 3. The molecule has 0 aromatic heterocycles. The summed E-state index contributed by atoms with van der Waals surface area (Å²) in [5.74, 6) is -0.110. The van der Waals surface area contributed by atoms with E-state index < -0.39 is 6.04 Å². The Morgan fingerprint density at radius 3 is 2.88 bits per heavy atom. The van der Waals surface area contributed by atoms with Gasteiger partial charge in [0.1, 0.15) is 6.04 Å². The lowest BCUT2D eigenvalue weighted by Gasteiger charge is -2.19. The van der Waals surface area contributed by atoms with Gasteiger partial charge < -0.3 is 16.0 Å². The van der Waals surface area contributed by atoms with E-state index in [4.69, 9.17) is 5.73 Å². The third-order valence-corrected chi connectivity index (χ3v) is 3.41. The highest BCUT2D eigenvalue weighted by atomic mass is 16.2. The topological polar surface area (TPSA) is 58.4 Å². The van der Waals surface area contributed by atoms with E-state index in [1.807, 2.05) is 18.2 Å². The van der Waals surface area contributed by atoms with Crippen LogP contribution in [0.1, 0.15) is 24.4 Å². The lowest BCUT2D eigenvalue weighted by Crippen LogP contribution is -2.19. The van der Waals surface area contributed by atoms with E-state index in [1.54, 1.807) is 0 Å². The van der Waals surface area contributed by atoms with E-state index in [0.717, 1.165) is 16.9 Å². The highest BCUT2D eigenvalue weighted by Crippen LogP contribution is 2.36. The Labute approximate surface area is 94.4 Å². The first-order chi connectivity index (χ1) is 7.66. The number of anilines is 2. The molecule has 84 valence electrons. The number of hydrogen-bond donors (Lipinski definition) is 2. The number of amides is 1. The summed E-state index contributed by atoms with van der Waals surface area (Å²) in [6, 6.07) is 6.17. The molecule has 16 heavy (non-hydrogen) atoms. The van der Waals surface area contributed by atoms with E-state index >= 15 is 0 Å². The Morgan fingerprint density at radius 1 is 1.44 bits per heavy atom. The molecule has 2 aliphatic rings. The van der Waals surface area contributed by atoms with Gasteiger partial charge in [-0.15, -0.1) is 0 Å². The van der Waals surface area contributed by atoms with Crippen molar-refractivity contribution < 1.29 is 4.79 Å². The van der Waals surface area contributed by atoms with E-state index in [-0.39, 0.29) is 5.91 Å². The summed E-state index contributed by atoms with van der Waals surface area (Å²) >= 11 is 0. The molecule has 1 aliphatic carbocycles. The molecule has 3 rings (SSSR count). The maximum Gasteiger partial charge on any atom is 0.245 e. The maximum absolute atomic E-state index is 11.4. The number of carbonyl (C=O) groups is 1. The van der Waals surface area contributed by atoms with Gasteiger partial charge in [-0.05, 0) is 25.0 Å². The van der Waals surface area contributed by atoms with Crippen LogP contribution < -0.4 is 16.0 Å². The monoisotopic (exact) mass is 217 g/mol. The van der Waals surface area contributed by atoms with Gasteiger partial charge in [-0.25, -0.2) is 0 Å². The first kappa shape index (κ1) is 9.66. The predicted octanol–water partition coefficient (Wildman–Crippen LogP) is 1.24. The van der Waals surface area contributed by atoms with E-state index in [9.17, 15) is 4.79 Å². The average Bonchev–Trinajstić information content (AvgIpc) is 3.07. The van der Waals surface area contributed by atoms with Gasteiger partial charge in [-0.1, -0.05) is 6.07 Å². The molecule has 3 N–H and O–H groups in total. The Kier molecular flexibility index (Phi) is 1.94. The second-order valence-corrected chi connectivity index (χ2v) is 4.58. The number of nitrogens with one attached hydrogen (secondary N) is 1. The summed E-state index contributed by atoms with van der Waals surface area (Å²) in [6.45, 7) is 0. The molecule has 1 aromatic rings. The Bertz CT molecular complexity index is 454. The first-order valence-electron chi connectivity index (χ1n) is 5.60. The molecule has 0 radical (unpaired) electrons. The number of rotatable bonds is 2. The summed E-state index contributed by atoms with van der Waals surface area (Å²) in [5.41, 5.74) is 8.68. The van der Waals surface area contributed by atoms with E-state index in [1.165, 1.54) is 12.8 Å². The van der Waals surface area contributed by atoms with Gasteiger partial charge in [0.15, 0.2) is 0 Å². The molecule has 1 amide bonds. The molecule has 1 saturated carbocycles. The highest BCUT2D eigenvalue weighted by Gasteiger charge is 2.30. The lowest BCUT2D eigenvalue weighted by atomic mass is 10.1. The van der Waals surface area contributed by atoms with Crippen LogP contribution in [0.15, 0.2) is 18.2 Å². The molecule has 1 unspecified atom stereocenters. The van der Waals surface area contributed by atoms with E-state index in [2.05, 4.69) is 17.3 Å². The summed E-state index contributed by atoms with van der Waals surface area (Å²) < 4.78 is 0. The Morgan fingerprint density at radius 2 is 2.19 bits per heavy atom. The van der Waals surface area contributed by atoms with Crippen molar-refractivity contribution in [1.29, 1.82) is 0 Å². The van der Waals surface area contributed by atoms with Crippen LogP contribution in [0.3, 0.4) is 0 Å². The van der Waals surface area contributed by atoms with Gasteiger partial charge in [0.05, 0.1) is 0 Å². The minimum absolute atomic E-state index is 0.110. The zero-order valence-electron chi connectivity index (χ0n) is 9.23. The second kappa shape index (κ2) is 3.22. The Balaban J connectivity index is 1.94. The molecule has 4 heteroatoms. The van der Waals surface area contributed by atoms with Gasteiger partial charge in [-0.3, -0.25) is 4.79 Å². The zero-order valence-corrected chi connectivity index (χ0v) is 9.23. The largest absolute Gasteiger partial charge is 0.372 e. The minimum atomic E-state index is -0.504. The van der Waals surface area contributed by atoms with Crippen LogP contribution in [0, 0.1) is 0 Å². The number of nitrogens with two attached hydrogens (primary N) is 1. The Hall–Kier alpha value is -1.55. The number of benzene rings is 1. The molecule has 4 nitrogen and oxygen atoms in total. The third kappa shape index (κ3) is 1.38. The lowest BCUT2D eigenvalue weighted by molar-refractivity contribution is -0.116. The van der Waals surface area contributed by atoms with Crippen molar-refractivity contribution in [2.24, 2.45) is 5.73 Å². The number of fused-ring (bicyclic) bond motifs is 1. The molecule has 1 heterocycles. The molecule has 0 bridgehead atoms. The first-order valence-corrected chi connectivity index (χ1v) is 5.60. The van der Waals surface area contributed by atoms with Crippen molar-refractivity contribution in [3.05, 3.63) is 23.8 Å². The summed E-state index contributed by atoms with van der Waals surface area (Å²) in [7, 11) is 2.09. The fourth-order valence-corrected chi connectivity index (χ4v) is 2.17. The third-order valence-electron chi connectivity index (χ3n) is 3.41. The molecule has 0 spiro atoms. The van der Waals surface area contributed by atoms with Crippen LogP contribution in [0.4, 0.5) is 11.4 Å². The normalized spacial score (nSPS) is 22.9. The van der Waals surface area contributed by atoms with Gasteiger partial charge in [-0.2, -0.15) is 0 Å². The van der Waals surface area contributed by atoms with Crippen LogP contribution in [0.25, 0.3) is 0 Å². The maximum atomic E-state index is 11.4. The van der Waals surface area contributed by atoms with Crippen LogP contribution in [-0.4, -0.2) is 19.0 Å². The fourth-order valence-electron chi connectivity index (χ4n) is 2.17. The summed E-state index contributed by atoms with van der Waals surface area (Å²) in [4.78, 5) is 13.7. The van der Waals surface area contributed by atoms with Crippen molar-refractivity contribution in [1.82, 2.24) is 0 Å². The van der Waals surface area contributed by atoms with Crippen LogP contribution >= 0.6 is 0 Å². The SMILES string of the molecule is CN(c1ccc2c(c1)NC(=O)C2N)C1CC1. The minimum Gasteiger partial charge on any atom is -0.372 e. The molecule has 1 atom stereocenters. The van der Waals surface area contributed by atoms with Gasteiger partial charge in [0.25, 0.3) is 0 Å². The molecule has 1 aliphatic heterocycles. The van der Waals surface area contributed by atoms with Crippen molar-refractivity contribution in [2.45, 2.75) is 24.9 Å². The van der Waals surface area contributed by atoms with Gasteiger partial charge in [0.2, 0.25) is 5.91 Å². The molecular weight excluding hydrogens is 202 g/mol. The quantitative estimate of drug-likeness (QED) is 0.783. The fraction of sp³-hybridized carbons (Fsp3) is 0.417. The molecular formula is C12H15N3O. The van der Waals surface area contributed by atoms with E-state index in [0.29, 0.717) is 6.04 Å². The van der Waals surface area contributed by atoms with Gasteiger partial charge >= 0.3 is 0 Å². The van der Waals surface area contributed by atoms with Crippen LogP contribution in [-0.2, 0) is 4.79 Å². The predicted molar refractivity (Wildman–Crippen MR) is 63.4 cm³/mol. The molecule has 1 aromatic carbocycles. The van der Waals surface area contributed by atoms with Crippen molar-refractivity contribution in [3.63, 3.8) is 0 Å². The average molecular weight is 217 g/mol. The summed E-state index contributed by atoms with van der Waals surface area (Å²) in [5, 5.41) is 2.81. The molecule has 0 saturated heterocycles.